The topological polar surface area (TPSA) is 69.4 Å². The van der Waals surface area contributed by atoms with Crippen molar-refractivity contribution in [2.45, 2.75) is 49.8 Å². The molecule has 0 N–H and O–H groups in total. The first kappa shape index (κ1) is 16.8. The Labute approximate surface area is 165 Å². The molecule has 0 saturated carbocycles. The quantitative estimate of drug-likeness (QED) is 0.480. The van der Waals surface area contributed by atoms with E-state index >= 15 is 0 Å². The zero-order valence-electron chi connectivity index (χ0n) is 15.1. The van der Waals surface area contributed by atoms with Crippen LogP contribution in [0.25, 0.3) is 21.6 Å². The Morgan fingerprint density at radius 3 is 2.96 bits per heavy atom. The van der Waals surface area contributed by atoms with Crippen LogP contribution in [0.15, 0.2) is 34.7 Å². The smallest absolute Gasteiger partial charge is 0.197 e. The molecule has 4 heterocycles. The van der Waals surface area contributed by atoms with Crippen LogP contribution in [0.3, 0.4) is 0 Å². The molecule has 8 heteroatoms. The molecule has 1 aliphatic rings. The number of thiophene rings is 1. The fourth-order valence-electron chi connectivity index (χ4n) is 3.55. The lowest BCUT2D eigenvalue weighted by atomic mass is 10.2. The Hall–Kier alpha value is -2.32. The van der Waals surface area contributed by atoms with E-state index < -0.39 is 0 Å². The molecule has 0 aromatic carbocycles. The van der Waals surface area contributed by atoms with Gasteiger partial charge in [-0.25, -0.2) is 9.97 Å². The third-order valence-electron chi connectivity index (χ3n) is 4.86. The second kappa shape index (κ2) is 6.69. The van der Waals surface area contributed by atoms with Gasteiger partial charge >= 0.3 is 0 Å². The maximum Gasteiger partial charge on any atom is 0.197 e. The van der Waals surface area contributed by atoms with E-state index in [4.69, 9.17) is 9.97 Å². The molecule has 136 valence electrons. The number of rotatable bonds is 4. The minimum Gasteiger partial charge on any atom is -0.306 e. The zero-order chi connectivity index (χ0) is 18.4. The summed E-state index contributed by atoms with van der Waals surface area (Å²) >= 11 is 3.40. The normalized spacial score (nSPS) is 13.4. The van der Waals surface area contributed by atoms with Gasteiger partial charge in [-0.15, -0.1) is 21.5 Å². The SMILES string of the molecule is CCn1c(C)nnc1Sc1nc(-c2cccnc2)nc2sc3c(c12)CCC3. The monoisotopic (exact) mass is 394 g/mol. The van der Waals surface area contributed by atoms with Crippen LogP contribution in [0, 0.1) is 6.92 Å². The number of hydrogen-bond donors (Lipinski definition) is 0. The van der Waals surface area contributed by atoms with E-state index in [1.807, 2.05) is 36.6 Å². The average Bonchev–Trinajstić information content (AvgIpc) is 3.36. The highest BCUT2D eigenvalue weighted by molar-refractivity contribution is 7.99. The largest absolute Gasteiger partial charge is 0.306 e. The molecule has 6 nitrogen and oxygen atoms in total. The molecule has 4 aromatic rings. The van der Waals surface area contributed by atoms with Gasteiger partial charge in [0.2, 0.25) is 0 Å². The standard InChI is InChI=1S/C19H18N6S2/c1-3-25-11(2)23-24-19(25)27-18-15-13-7-4-8-14(13)26-17(15)21-16(22-18)12-6-5-9-20-10-12/h5-6,9-10H,3-4,7-8H2,1-2H3. The molecule has 27 heavy (non-hydrogen) atoms. The first-order chi connectivity index (χ1) is 13.2. The van der Waals surface area contributed by atoms with Crippen LogP contribution in [0.5, 0.6) is 0 Å². The van der Waals surface area contributed by atoms with E-state index in [0.29, 0.717) is 0 Å². The molecule has 0 atom stereocenters. The van der Waals surface area contributed by atoms with Crippen molar-refractivity contribution < 1.29 is 0 Å². The molecule has 0 amide bonds. The number of aryl methyl sites for hydroxylation is 3. The van der Waals surface area contributed by atoms with Crippen LogP contribution < -0.4 is 0 Å². The van der Waals surface area contributed by atoms with Crippen LogP contribution in [-0.4, -0.2) is 29.7 Å². The van der Waals surface area contributed by atoms with E-state index in [1.165, 1.54) is 22.2 Å². The minimum absolute atomic E-state index is 0.720. The molecule has 0 aliphatic heterocycles. The first-order valence-electron chi connectivity index (χ1n) is 9.05. The van der Waals surface area contributed by atoms with E-state index in [2.05, 4.69) is 26.7 Å². The molecule has 0 saturated heterocycles. The van der Waals surface area contributed by atoms with Crippen molar-refractivity contribution >= 4 is 33.3 Å². The minimum atomic E-state index is 0.720. The van der Waals surface area contributed by atoms with Crippen molar-refractivity contribution in [3.05, 3.63) is 40.8 Å². The number of aromatic nitrogens is 6. The van der Waals surface area contributed by atoms with Gasteiger partial charge in [0.1, 0.15) is 15.7 Å². The number of nitrogens with zero attached hydrogens (tertiary/aromatic N) is 6. The van der Waals surface area contributed by atoms with Gasteiger partial charge < -0.3 is 4.57 Å². The van der Waals surface area contributed by atoms with Gasteiger partial charge in [0.15, 0.2) is 11.0 Å². The summed E-state index contributed by atoms with van der Waals surface area (Å²) < 4.78 is 2.12. The number of fused-ring (bicyclic) bond motifs is 3. The lowest BCUT2D eigenvalue weighted by Crippen LogP contribution is -2.00. The number of hydrogen-bond acceptors (Lipinski definition) is 7. The molecule has 1 aliphatic carbocycles. The molecule has 0 fully saturated rings. The molecule has 0 bridgehead atoms. The summed E-state index contributed by atoms with van der Waals surface area (Å²) in [5.74, 6) is 1.64. The summed E-state index contributed by atoms with van der Waals surface area (Å²) in [5, 5.41) is 11.7. The Morgan fingerprint density at radius 1 is 1.22 bits per heavy atom. The van der Waals surface area contributed by atoms with Crippen LogP contribution in [0.1, 0.15) is 29.6 Å². The van der Waals surface area contributed by atoms with Crippen LogP contribution in [0.4, 0.5) is 0 Å². The van der Waals surface area contributed by atoms with Gasteiger partial charge in [-0.1, -0.05) is 0 Å². The summed E-state index contributed by atoms with van der Waals surface area (Å²) in [4.78, 5) is 16.6. The predicted octanol–water partition coefficient (Wildman–Crippen LogP) is 4.31. The highest BCUT2D eigenvalue weighted by atomic mass is 32.2. The summed E-state index contributed by atoms with van der Waals surface area (Å²) in [7, 11) is 0. The van der Waals surface area contributed by atoms with Crippen molar-refractivity contribution in [2.24, 2.45) is 0 Å². The van der Waals surface area contributed by atoms with Gasteiger partial charge in [-0.2, -0.15) is 0 Å². The van der Waals surface area contributed by atoms with Crippen molar-refractivity contribution in [3.63, 3.8) is 0 Å². The van der Waals surface area contributed by atoms with E-state index in [1.54, 1.807) is 18.0 Å². The first-order valence-corrected chi connectivity index (χ1v) is 10.7. The lowest BCUT2D eigenvalue weighted by Gasteiger charge is -2.08. The van der Waals surface area contributed by atoms with Crippen molar-refractivity contribution in [2.75, 3.05) is 0 Å². The van der Waals surface area contributed by atoms with Crippen molar-refractivity contribution in [3.8, 4) is 11.4 Å². The van der Waals surface area contributed by atoms with Gasteiger partial charge in [-0.05, 0) is 62.6 Å². The third kappa shape index (κ3) is 2.83. The van der Waals surface area contributed by atoms with Crippen LogP contribution in [0.2, 0.25) is 0 Å². The average molecular weight is 395 g/mol. The molecular weight excluding hydrogens is 376 g/mol. The van der Waals surface area contributed by atoms with Crippen molar-refractivity contribution in [1.82, 2.24) is 29.7 Å². The highest BCUT2D eigenvalue weighted by Gasteiger charge is 2.24. The lowest BCUT2D eigenvalue weighted by molar-refractivity contribution is 0.661. The van der Waals surface area contributed by atoms with Crippen LogP contribution >= 0.6 is 23.1 Å². The summed E-state index contributed by atoms with van der Waals surface area (Å²) in [5.41, 5.74) is 2.36. The second-order valence-electron chi connectivity index (χ2n) is 6.51. The number of pyridine rings is 1. The Bertz CT molecular complexity index is 1130. The molecule has 0 spiro atoms. The van der Waals surface area contributed by atoms with Gasteiger partial charge in [0.25, 0.3) is 0 Å². The summed E-state index contributed by atoms with van der Waals surface area (Å²) in [6.07, 6.45) is 7.06. The van der Waals surface area contributed by atoms with Crippen LogP contribution in [-0.2, 0) is 19.4 Å². The fraction of sp³-hybridized carbons (Fsp3) is 0.316. The molecular formula is C19H18N6S2. The summed E-state index contributed by atoms with van der Waals surface area (Å²) in [6, 6.07) is 3.92. The Balaban J connectivity index is 1.70. The maximum atomic E-state index is 4.94. The van der Waals surface area contributed by atoms with Gasteiger partial charge in [0, 0.05) is 34.8 Å². The maximum absolute atomic E-state index is 4.94. The second-order valence-corrected chi connectivity index (χ2v) is 8.55. The van der Waals surface area contributed by atoms with E-state index in [-0.39, 0.29) is 0 Å². The van der Waals surface area contributed by atoms with E-state index in [9.17, 15) is 0 Å². The molecule has 4 aromatic heterocycles. The molecule has 5 rings (SSSR count). The van der Waals surface area contributed by atoms with E-state index in [0.717, 1.165) is 51.6 Å². The van der Waals surface area contributed by atoms with Gasteiger partial charge in [0.05, 0.1) is 0 Å². The fourth-order valence-corrected chi connectivity index (χ4v) is 5.95. The Morgan fingerprint density at radius 2 is 2.15 bits per heavy atom. The third-order valence-corrected chi connectivity index (χ3v) is 7.02. The Kier molecular flexibility index (Phi) is 4.17. The van der Waals surface area contributed by atoms with Gasteiger partial charge in [-0.3, -0.25) is 4.98 Å². The summed E-state index contributed by atoms with van der Waals surface area (Å²) in [6.45, 7) is 4.94. The zero-order valence-corrected chi connectivity index (χ0v) is 16.8. The molecule has 0 radical (unpaired) electrons. The molecule has 0 unspecified atom stereocenters. The highest BCUT2D eigenvalue weighted by Crippen LogP contribution is 2.42. The van der Waals surface area contributed by atoms with Crippen molar-refractivity contribution in [1.29, 1.82) is 0 Å². The predicted molar refractivity (Wildman–Crippen MR) is 107 cm³/mol.